The Balaban J connectivity index is 1.27. The molecule has 7 nitrogen and oxygen atoms in total. The van der Waals surface area contributed by atoms with Crippen molar-refractivity contribution in [3.8, 4) is 6.07 Å². The average Bonchev–Trinajstić information content (AvgIpc) is 3.39. The Hall–Kier alpha value is -3.66. The van der Waals surface area contributed by atoms with E-state index in [4.69, 9.17) is 16.7 Å². The highest BCUT2D eigenvalue weighted by atomic mass is 15.1. The maximum Gasteiger partial charge on any atom is 0.145 e. The van der Waals surface area contributed by atoms with E-state index >= 15 is 0 Å². The summed E-state index contributed by atoms with van der Waals surface area (Å²) >= 11 is 0. The van der Waals surface area contributed by atoms with Gasteiger partial charge in [-0.05, 0) is 61.8 Å². The van der Waals surface area contributed by atoms with E-state index < -0.39 is 0 Å². The topological polar surface area (TPSA) is 119 Å². The zero-order chi connectivity index (χ0) is 20.7. The van der Waals surface area contributed by atoms with Gasteiger partial charge in [-0.2, -0.15) is 5.26 Å². The van der Waals surface area contributed by atoms with Crippen LogP contribution in [0.3, 0.4) is 0 Å². The van der Waals surface area contributed by atoms with Gasteiger partial charge in [0, 0.05) is 17.6 Å². The standard InChI is InChI=1S/C23H23N7/c24-12-17-11-16-5-3-15(10-20(16)29-21(17)25)2-1-14-4-6-18(9-14)30-8-7-19-22(26)27-13-28-23(19)30/h3,5,7-8,10-11,13-14,18H,1-2,4,6,9H2,(H2,25,29)(H2,26,27,28). The van der Waals surface area contributed by atoms with Gasteiger partial charge in [0.25, 0.3) is 0 Å². The number of aryl methyl sites for hydroxylation is 1. The molecule has 150 valence electrons. The molecule has 30 heavy (non-hydrogen) atoms. The van der Waals surface area contributed by atoms with Gasteiger partial charge >= 0.3 is 0 Å². The van der Waals surface area contributed by atoms with Gasteiger partial charge in [-0.25, -0.2) is 15.0 Å². The van der Waals surface area contributed by atoms with Crippen molar-refractivity contribution in [3.63, 3.8) is 0 Å². The minimum absolute atomic E-state index is 0.296. The SMILES string of the molecule is N#Cc1cc2ccc(CCC3CCC(n4ccc5c(N)ncnc54)C3)cc2nc1N. The number of fused-ring (bicyclic) bond motifs is 2. The maximum absolute atomic E-state index is 9.11. The molecule has 1 fully saturated rings. The van der Waals surface area contributed by atoms with E-state index in [0.29, 0.717) is 29.2 Å². The van der Waals surface area contributed by atoms with Crippen LogP contribution in [0.1, 0.15) is 42.9 Å². The van der Waals surface area contributed by atoms with Gasteiger partial charge in [0.1, 0.15) is 29.7 Å². The number of pyridine rings is 1. The third kappa shape index (κ3) is 3.20. The molecule has 0 spiro atoms. The number of benzene rings is 1. The van der Waals surface area contributed by atoms with Crippen LogP contribution in [-0.4, -0.2) is 19.5 Å². The first-order valence-electron chi connectivity index (χ1n) is 10.3. The lowest BCUT2D eigenvalue weighted by Crippen LogP contribution is -2.06. The van der Waals surface area contributed by atoms with Crippen LogP contribution in [0.5, 0.6) is 0 Å². The largest absolute Gasteiger partial charge is 0.383 e. The average molecular weight is 397 g/mol. The summed E-state index contributed by atoms with van der Waals surface area (Å²) in [5, 5.41) is 11.0. The van der Waals surface area contributed by atoms with Crippen molar-refractivity contribution in [1.82, 2.24) is 19.5 Å². The van der Waals surface area contributed by atoms with Gasteiger partial charge in [-0.1, -0.05) is 12.1 Å². The lowest BCUT2D eigenvalue weighted by molar-refractivity contribution is 0.461. The number of nitrogens with two attached hydrogens (primary N) is 2. The Morgan fingerprint density at radius 1 is 1.10 bits per heavy atom. The van der Waals surface area contributed by atoms with Gasteiger partial charge in [0.05, 0.1) is 16.5 Å². The minimum atomic E-state index is 0.296. The summed E-state index contributed by atoms with van der Waals surface area (Å²) in [6.07, 6.45) is 9.32. The number of hydrogen-bond acceptors (Lipinski definition) is 6. The molecule has 0 radical (unpaired) electrons. The summed E-state index contributed by atoms with van der Waals surface area (Å²) in [6.45, 7) is 0. The normalized spacial score (nSPS) is 18.8. The Labute approximate surface area is 174 Å². The molecule has 0 bridgehead atoms. The molecule has 1 saturated carbocycles. The van der Waals surface area contributed by atoms with Crippen molar-refractivity contribution >= 4 is 33.6 Å². The number of aromatic nitrogens is 4. The monoisotopic (exact) mass is 397 g/mol. The molecular weight excluding hydrogens is 374 g/mol. The smallest absolute Gasteiger partial charge is 0.145 e. The Morgan fingerprint density at radius 3 is 2.87 bits per heavy atom. The van der Waals surface area contributed by atoms with Crippen LogP contribution < -0.4 is 11.5 Å². The van der Waals surface area contributed by atoms with E-state index in [1.54, 1.807) is 12.4 Å². The lowest BCUT2D eigenvalue weighted by Gasteiger charge is -2.14. The zero-order valence-corrected chi connectivity index (χ0v) is 16.6. The first-order chi connectivity index (χ1) is 14.6. The third-order valence-electron chi connectivity index (χ3n) is 6.32. The molecule has 1 aromatic carbocycles. The first-order valence-corrected chi connectivity index (χ1v) is 10.3. The summed E-state index contributed by atoms with van der Waals surface area (Å²) in [7, 11) is 0. The summed E-state index contributed by atoms with van der Waals surface area (Å²) in [6, 6.07) is 12.6. The van der Waals surface area contributed by atoms with Crippen LogP contribution in [-0.2, 0) is 6.42 Å². The number of nitrogen functional groups attached to an aromatic ring is 2. The van der Waals surface area contributed by atoms with Crippen LogP contribution in [0.2, 0.25) is 0 Å². The lowest BCUT2D eigenvalue weighted by atomic mass is 9.97. The molecule has 1 aliphatic carbocycles. The van der Waals surface area contributed by atoms with E-state index in [1.165, 1.54) is 12.0 Å². The number of hydrogen-bond donors (Lipinski definition) is 2. The highest BCUT2D eigenvalue weighted by Gasteiger charge is 2.27. The molecule has 0 saturated heterocycles. The predicted octanol–water partition coefficient (Wildman–Crippen LogP) is 3.99. The van der Waals surface area contributed by atoms with Crippen LogP contribution in [0.25, 0.3) is 21.9 Å². The zero-order valence-electron chi connectivity index (χ0n) is 16.6. The van der Waals surface area contributed by atoms with Crippen LogP contribution in [0.4, 0.5) is 11.6 Å². The Kier molecular flexibility index (Phi) is 4.47. The van der Waals surface area contributed by atoms with Crippen molar-refractivity contribution in [3.05, 3.63) is 54.0 Å². The summed E-state index contributed by atoms with van der Waals surface area (Å²) in [5.41, 5.74) is 15.3. The highest BCUT2D eigenvalue weighted by Crippen LogP contribution is 2.39. The second-order valence-corrected chi connectivity index (χ2v) is 8.15. The number of nitriles is 1. The Bertz CT molecular complexity index is 1280. The van der Waals surface area contributed by atoms with E-state index in [9.17, 15) is 0 Å². The predicted molar refractivity (Wildman–Crippen MR) is 118 cm³/mol. The molecule has 2 atom stereocenters. The number of nitrogens with zero attached hydrogens (tertiary/aromatic N) is 5. The highest BCUT2D eigenvalue weighted by molar-refractivity contribution is 5.86. The van der Waals surface area contributed by atoms with Crippen molar-refractivity contribution in [2.75, 3.05) is 11.5 Å². The van der Waals surface area contributed by atoms with Crippen LogP contribution >= 0.6 is 0 Å². The fourth-order valence-corrected chi connectivity index (χ4v) is 4.69. The van der Waals surface area contributed by atoms with Crippen molar-refractivity contribution < 1.29 is 0 Å². The van der Waals surface area contributed by atoms with Gasteiger partial charge in [0.2, 0.25) is 0 Å². The van der Waals surface area contributed by atoms with Crippen LogP contribution in [0.15, 0.2) is 42.9 Å². The second kappa shape index (κ2) is 7.30. The maximum atomic E-state index is 9.11. The fourth-order valence-electron chi connectivity index (χ4n) is 4.69. The van der Waals surface area contributed by atoms with Gasteiger partial charge in [0.15, 0.2) is 0 Å². The molecule has 1 aliphatic rings. The molecule has 2 unspecified atom stereocenters. The molecular formula is C23H23N7. The van der Waals surface area contributed by atoms with E-state index in [-0.39, 0.29) is 0 Å². The quantitative estimate of drug-likeness (QED) is 0.537. The van der Waals surface area contributed by atoms with Crippen molar-refractivity contribution in [2.45, 2.75) is 38.1 Å². The van der Waals surface area contributed by atoms with Crippen molar-refractivity contribution in [2.24, 2.45) is 5.92 Å². The molecule has 4 N–H and O–H groups in total. The van der Waals surface area contributed by atoms with Gasteiger partial charge in [-0.3, -0.25) is 0 Å². The van der Waals surface area contributed by atoms with E-state index in [2.05, 4.69) is 43.9 Å². The van der Waals surface area contributed by atoms with E-state index in [1.807, 2.05) is 12.1 Å². The Morgan fingerprint density at radius 2 is 2.00 bits per heavy atom. The molecule has 4 aromatic rings. The minimum Gasteiger partial charge on any atom is -0.383 e. The van der Waals surface area contributed by atoms with Gasteiger partial charge in [-0.15, -0.1) is 0 Å². The molecule has 3 aromatic heterocycles. The first kappa shape index (κ1) is 18.4. The second-order valence-electron chi connectivity index (χ2n) is 8.15. The molecule has 0 amide bonds. The van der Waals surface area contributed by atoms with Crippen molar-refractivity contribution in [1.29, 1.82) is 5.26 Å². The third-order valence-corrected chi connectivity index (χ3v) is 6.32. The molecule has 3 heterocycles. The fraction of sp³-hybridized carbons (Fsp3) is 0.304. The summed E-state index contributed by atoms with van der Waals surface area (Å²) in [4.78, 5) is 12.9. The van der Waals surface area contributed by atoms with Crippen LogP contribution in [0, 0.1) is 17.2 Å². The van der Waals surface area contributed by atoms with E-state index in [0.717, 1.165) is 47.6 Å². The van der Waals surface area contributed by atoms with Gasteiger partial charge < -0.3 is 16.0 Å². The molecule has 0 aliphatic heterocycles. The number of anilines is 2. The molecule has 7 heteroatoms. The number of rotatable bonds is 4. The summed E-state index contributed by atoms with van der Waals surface area (Å²) in [5.74, 6) is 1.52. The molecule has 5 rings (SSSR count). The summed E-state index contributed by atoms with van der Waals surface area (Å²) < 4.78 is 2.27.